The zero-order chi connectivity index (χ0) is 35.5. The molecule has 4 aromatic heterocycles. The Balaban J connectivity index is 1.15. The van der Waals surface area contributed by atoms with Crippen LogP contribution in [0.4, 0.5) is 0 Å². The Hall–Kier alpha value is -7.55. The van der Waals surface area contributed by atoms with Gasteiger partial charge in [-0.15, -0.1) is 0 Å². The maximum atomic E-state index is 10.2. The first-order valence-corrected chi connectivity index (χ1v) is 18.1. The lowest BCUT2D eigenvalue weighted by atomic mass is 10.00. The van der Waals surface area contributed by atoms with E-state index in [1.54, 1.807) is 0 Å². The number of benzene rings is 8. The maximum Gasteiger partial charge on any atom is 0.160 e. The molecule has 5 heteroatoms. The van der Waals surface area contributed by atoms with Crippen molar-refractivity contribution >= 4 is 87.5 Å². The van der Waals surface area contributed by atoms with Crippen molar-refractivity contribution < 1.29 is 8.83 Å². The molecule has 0 aliphatic rings. The highest BCUT2D eigenvalue weighted by molar-refractivity contribution is 6.22. The van der Waals surface area contributed by atoms with E-state index in [4.69, 9.17) is 8.83 Å². The summed E-state index contributed by atoms with van der Waals surface area (Å²) in [7, 11) is 0. The molecule has 0 bridgehead atoms. The molecule has 250 valence electrons. The second-order valence-corrected chi connectivity index (χ2v) is 14.0. The standard InChI is InChI=1S/C49H27N3O2/c50-28-29-20-23-43(52-42-17-6-2-13-33(42)39-27-47-40(26-44(39)52)35-15-4-7-18-45(35)53-47)38(24-29)30-10-9-11-31(25-30)51-41-16-5-1-12-32(41)36-21-22-37-34-14-3-8-19-46(34)54-49(37)48(36)51/h1-27H. The lowest BCUT2D eigenvalue weighted by Crippen LogP contribution is -1.99. The number of aromatic nitrogens is 2. The van der Waals surface area contributed by atoms with Gasteiger partial charge in [0.05, 0.1) is 39.4 Å². The largest absolute Gasteiger partial charge is 0.456 e. The van der Waals surface area contributed by atoms with E-state index in [0.29, 0.717) is 5.56 Å². The summed E-state index contributed by atoms with van der Waals surface area (Å²) in [5.74, 6) is 0. The monoisotopic (exact) mass is 689 g/mol. The van der Waals surface area contributed by atoms with Crippen LogP contribution in [-0.2, 0) is 0 Å². The fourth-order valence-electron chi connectivity index (χ4n) is 8.79. The number of hydrogen-bond acceptors (Lipinski definition) is 3. The van der Waals surface area contributed by atoms with Crippen LogP contribution in [0, 0.1) is 11.3 Å². The summed E-state index contributed by atoms with van der Waals surface area (Å²) >= 11 is 0. The van der Waals surface area contributed by atoms with Crippen molar-refractivity contribution in [3.8, 4) is 28.6 Å². The van der Waals surface area contributed by atoms with E-state index in [1.807, 2.05) is 36.4 Å². The molecule has 0 saturated heterocycles. The third kappa shape index (κ3) is 3.91. The molecule has 0 fully saturated rings. The second kappa shape index (κ2) is 10.7. The summed E-state index contributed by atoms with van der Waals surface area (Å²) in [4.78, 5) is 0. The summed E-state index contributed by atoms with van der Waals surface area (Å²) in [6.07, 6.45) is 0. The molecule has 5 nitrogen and oxygen atoms in total. The predicted octanol–water partition coefficient (Wildman–Crippen LogP) is 13.2. The zero-order valence-corrected chi connectivity index (χ0v) is 28.7. The fourth-order valence-corrected chi connectivity index (χ4v) is 8.79. The van der Waals surface area contributed by atoms with E-state index < -0.39 is 0 Å². The predicted molar refractivity (Wildman–Crippen MR) is 220 cm³/mol. The first kappa shape index (κ1) is 29.1. The van der Waals surface area contributed by atoms with Crippen LogP contribution < -0.4 is 0 Å². The van der Waals surface area contributed by atoms with Gasteiger partial charge < -0.3 is 18.0 Å². The fraction of sp³-hybridized carbons (Fsp3) is 0. The number of para-hydroxylation sites is 4. The Labute approximate surface area is 307 Å². The molecule has 54 heavy (non-hydrogen) atoms. The first-order chi connectivity index (χ1) is 26.7. The van der Waals surface area contributed by atoms with Crippen molar-refractivity contribution in [3.05, 3.63) is 169 Å². The summed E-state index contributed by atoms with van der Waals surface area (Å²) < 4.78 is 17.7. The lowest BCUT2D eigenvalue weighted by molar-refractivity contribution is 0.669. The lowest BCUT2D eigenvalue weighted by Gasteiger charge is -2.16. The van der Waals surface area contributed by atoms with E-state index in [9.17, 15) is 5.26 Å². The molecule has 12 rings (SSSR count). The highest BCUT2D eigenvalue weighted by Crippen LogP contribution is 2.43. The van der Waals surface area contributed by atoms with Crippen LogP contribution in [0.3, 0.4) is 0 Å². The Bertz CT molecular complexity index is 3590. The number of rotatable bonds is 3. The number of fused-ring (bicyclic) bond motifs is 13. The van der Waals surface area contributed by atoms with E-state index in [0.717, 1.165) is 110 Å². The van der Waals surface area contributed by atoms with E-state index in [1.165, 1.54) is 0 Å². The molecule has 0 spiro atoms. The van der Waals surface area contributed by atoms with Crippen molar-refractivity contribution in [3.63, 3.8) is 0 Å². The summed E-state index contributed by atoms with van der Waals surface area (Å²) in [6.45, 7) is 0. The minimum Gasteiger partial charge on any atom is -0.456 e. The molecule has 12 aromatic rings. The highest BCUT2D eigenvalue weighted by Gasteiger charge is 2.21. The normalized spacial score (nSPS) is 12.1. The molecule has 4 heterocycles. The molecule has 0 amide bonds. The van der Waals surface area contributed by atoms with Crippen molar-refractivity contribution in [2.45, 2.75) is 0 Å². The van der Waals surface area contributed by atoms with Gasteiger partial charge in [0.2, 0.25) is 0 Å². The van der Waals surface area contributed by atoms with Gasteiger partial charge in [0.15, 0.2) is 5.58 Å². The Kier molecular flexibility index (Phi) is 5.78. The molecule has 0 aliphatic carbocycles. The van der Waals surface area contributed by atoms with Crippen LogP contribution in [0.5, 0.6) is 0 Å². The SMILES string of the molecule is N#Cc1ccc(-n2c3ccccc3c3cc4oc5ccccc5c4cc32)c(-c2cccc(-n3c4ccccc4c4ccc5c6ccccc6oc5c43)c2)c1. The minimum absolute atomic E-state index is 0.601. The van der Waals surface area contributed by atoms with E-state index in [2.05, 4.69) is 143 Å². The van der Waals surface area contributed by atoms with Gasteiger partial charge in [0.1, 0.15) is 16.7 Å². The number of nitriles is 1. The second-order valence-electron chi connectivity index (χ2n) is 14.0. The van der Waals surface area contributed by atoms with Gasteiger partial charge in [-0.3, -0.25) is 0 Å². The molecule has 0 radical (unpaired) electrons. The van der Waals surface area contributed by atoms with Crippen LogP contribution in [0.2, 0.25) is 0 Å². The number of hydrogen-bond donors (Lipinski definition) is 0. The van der Waals surface area contributed by atoms with Crippen molar-refractivity contribution in [1.29, 1.82) is 5.26 Å². The van der Waals surface area contributed by atoms with Crippen molar-refractivity contribution in [1.82, 2.24) is 9.13 Å². The zero-order valence-electron chi connectivity index (χ0n) is 28.7. The van der Waals surface area contributed by atoms with E-state index in [-0.39, 0.29) is 0 Å². The van der Waals surface area contributed by atoms with Crippen LogP contribution >= 0.6 is 0 Å². The van der Waals surface area contributed by atoms with Crippen molar-refractivity contribution in [2.24, 2.45) is 0 Å². The van der Waals surface area contributed by atoms with Gasteiger partial charge in [0.25, 0.3) is 0 Å². The van der Waals surface area contributed by atoms with Gasteiger partial charge in [0, 0.05) is 54.3 Å². The van der Waals surface area contributed by atoms with Gasteiger partial charge in [-0.25, -0.2) is 0 Å². The van der Waals surface area contributed by atoms with Crippen LogP contribution in [0.15, 0.2) is 173 Å². The smallest absolute Gasteiger partial charge is 0.160 e. The Morgan fingerprint density at radius 2 is 1.09 bits per heavy atom. The molecule has 0 atom stereocenters. The average molecular weight is 690 g/mol. The number of nitrogens with zero attached hydrogens (tertiary/aromatic N) is 3. The third-order valence-corrected chi connectivity index (χ3v) is 11.1. The van der Waals surface area contributed by atoms with Crippen LogP contribution in [0.1, 0.15) is 5.56 Å². The summed E-state index contributed by atoms with van der Waals surface area (Å²) in [6, 6.07) is 59.4. The molecule has 0 saturated carbocycles. The van der Waals surface area contributed by atoms with E-state index >= 15 is 0 Å². The average Bonchev–Trinajstić information content (AvgIpc) is 3.97. The number of furan rings is 2. The Morgan fingerprint density at radius 3 is 1.89 bits per heavy atom. The highest BCUT2D eigenvalue weighted by atomic mass is 16.3. The molecule has 0 unspecified atom stereocenters. The summed E-state index contributed by atoms with van der Waals surface area (Å²) in [5.41, 5.74) is 12.3. The first-order valence-electron chi connectivity index (χ1n) is 18.1. The van der Waals surface area contributed by atoms with Gasteiger partial charge >= 0.3 is 0 Å². The molecular formula is C49H27N3O2. The molecule has 0 aliphatic heterocycles. The minimum atomic E-state index is 0.601. The van der Waals surface area contributed by atoms with Crippen molar-refractivity contribution in [2.75, 3.05) is 0 Å². The summed E-state index contributed by atoms with van der Waals surface area (Å²) in [5, 5.41) is 19.1. The Morgan fingerprint density at radius 1 is 0.426 bits per heavy atom. The van der Waals surface area contributed by atoms with Crippen LogP contribution in [0.25, 0.3) is 110 Å². The maximum absolute atomic E-state index is 10.2. The molecular weight excluding hydrogens is 663 g/mol. The van der Waals surface area contributed by atoms with Gasteiger partial charge in [-0.05, 0) is 78.4 Å². The molecule has 8 aromatic carbocycles. The quantitative estimate of drug-likeness (QED) is 0.185. The molecule has 0 N–H and O–H groups in total. The van der Waals surface area contributed by atoms with Gasteiger partial charge in [-0.1, -0.05) is 91.0 Å². The third-order valence-electron chi connectivity index (χ3n) is 11.1. The van der Waals surface area contributed by atoms with Crippen LogP contribution in [-0.4, -0.2) is 9.13 Å². The topological polar surface area (TPSA) is 59.9 Å². The van der Waals surface area contributed by atoms with Gasteiger partial charge in [-0.2, -0.15) is 5.26 Å².